The Morgan fingerprint density at radius 3 is 2.38 bits per heavy atom. The summed E-state index contributed by atoms with van der Waals surface area (Å²) < 4.78 is 0. The first-order chi connectivity index (χ1) is 6.20. The zero-order valence-corrected chi connectivity index (χ0v) is 7.87. The fraction of sp³-hybridized carbons (Fsp3) is 0.250. The van der Waals surface area contributed by atoms with Crippen molar-refractivity contribution in [2.24, 2.45) is 5.92 Å². The van der Waals surface area contributed by atoms with Crippen LogP contribution in [-0.4, -0.2) is 5.78 Å². The van der Waals surface area contributed by atoms with Gasteiger partial charge in [-0.2, -0.15) is 0 Å². The molecule has 0 bridgehead atoms. The Balaban J connectivity index is 2.74. The summed E-state index contributed by atoms with van der Waals surface area (Å²) in [4.78, 5) is 11.1. The van der Waals surface area contributed by atoms with Crippen LogP contribution in [0.2, 0.25) is 0 Å². The smallest absolute Gasteiger partial charge is 0.208 e. The Bertz CT molecular complexity index is 338. The van der Waals surface area contributed by atoms with Crippen LogP contribution in [0, 0.1) is 17.8 Å². The highest BCUT2D eigenvalue weighted by Crippen LogP contribution is 1.96. The van der Waals surface area contributed by atoms with Crippen molar-refractivity contribution in [2.45, 2.75) is 13.8 Å². The van der Waals surface area contributed by atoms with Crippen LogP contribution in [0.3, 0.4) is 0 Å². The number of hydrogen-bond donors (Lipinski definition) is 0. The van der Waals surface area contributed by atoms with Crippen LogP contribution in [0.5, 0.6) is 0 Å². The van der Waals surface area contributed by atoms with Gasteiger partial charge in [0.2, 0.25) is 5.78 Å². The SMILES string of the molecule is CC(C)C(=O)C#Cc1ccccc1. The molecule has 0 aliphatic heterocycles. The van der Waals surface area contributed by atoms with Crippen LogP contribution in [0.25, 0.3) is 0 Å². The molecule has 0 atom stereocenters. The van der Waals surface area contributed by atoms with Crippen molar-refractivity contribution >= 4 is 5.78 Å². The Morgan fingerprint density at radius 2 is 1.85 bits per heavy atom. The van der Waals surface area contributed by atoms with E-state index in [1.807, 2.05) is 44.2 Å². The lowest BCUT2D eigenvalue weighted by Gasteiger charge is -1.92. The minimum absolute atomic E-state index is 0.00351. The van der Waals surface area contributed by atoms with Crippen LogP contribution >= 0.6 is 0 Å². The predicted octanol–water partition coefficient (Wildman–Crippen LogP) is 2.26. The molecule has 1 heteroatoms. The molecule has 1 rings (SSSR count). The molecular formula is C12H12O. The van der Waals surface area contributed by atoms with E-state index in [0.717, 1.165) is 5.56 Å². The summed E-state index contributed by atoms with van der Waals surface area (Å²) in [5.74, 6) is 5.42. The minimum Gasteiger partial charge on any atom is -0.285 e. The van der Waals surface area contributed by atoms with Gasteiger partial charge in [0.15, 0.2) is 0 Å². The minimum atomic E-state index is -0.0103. The van der Waals surface area contributed by atoms with Gasteiger partial charge in [0.25, 0.3) is 0 Å². The zero-order valence-electron chi connectivity index (χ0n) is 7.87. The number of carbonyl (C=O) groups excluding carboxylic acids is 1. The predicted molar refractivity (Wildman–Crippen MR) is 53.2 cm³/mol. The molecule has 0 N–H and O–H groups in total. The molecule has 13 heavy (non-hydrogen) atoms. The lowest BCUT2D eigenvalue weighted by Crippen LogP contribution is -2.02. The standard InChI is InChI=1S/C12H12O/c1-10(2)12(13)9-8-11-6-4-3-5-7-11/h3-7,10H,1-2H3. The van der Waals surface area contributed by atoms with E-state index in [9.17, 15) is 4.79 Å². The van der Waals surface area contributed by atoms with Gasteiger partial charge >= 0.3 is 0 Å². The Kier molecular flexibility index (Phi) is 3.28. The summed E-state index contributed by atoms with van der Waals surface area (Å²) in [6, 6.07) is 9.52. The average molecular weight is 172 g/mol. The van der Waals surface area contributed by atoms with Crippen LogP contribution in [-0.2, 0) is 4.79 Å². The normalized spacial score (nSPS) is 9.15. The van der Waals surface area contributed by atoms with Crippen LogP contribution in [0.1, 0.15) is 19.4 Å². The highest BCUT2D eigenvalue weighted by Gasteiger charge is 2.00. The molecule has 0 amide bonds. The fourth-order valence-corrected chi connectivity index (χ4v) is 0.800. The van der Waals surface area contributed by atoms with Gasteiger partial charge in [-0.25, -0.2) is 0 Å². The van der Waals surface area contributed by atoms with E-state index in [2.05, 4.69) is 11.8 Å². The number of carbonyl (C=O) groups is 1. The first-order valence-electron chi connectivity index (χ1n) is 4.31. The number of ketones is 1. The second-order valence-corrected chi connectivity index (χ2v) is 3.13. The maximum atomic E-state index is 11.1. The van der Waals surface area contributed by atoms with E-state index in [-0.39, 0.29) is 11.7 Å². The molecule has 0 spiro atoms. The molecule has 0 saturated carbocycles. The molecule has 1 aromatic carbocycles. The van der Waals surface area contributed by atoms with Gasteiger partial charge in [0.1, 0.15) is 0 Å². The molecule has 0 radical (unpaired) electrons. The van der Waals surface area contributed by atoms with Gasteiger partial charge in [-0.15, -0.1) is 0 Å². The van der Waals surface area contributed by atoms with E-state index in [1.165, 1.54) is 0 Å². The maximum absolute atomic E-state index is 11.1. The molecule has 1 aromatic rings. The van der Waals surface area contributed by atoms with Crippen molar-refractivity contribution in [3.05, 3.63) is 35.9 Å². The summed E-state index contributed by atoms with van der Waals surface area (Å²) in [5, 5.41) is 0. The van der Waals surface area contributed by atoms with Crippen LogP contribution in [0.4, 0.5) is 0 Å². The van der Waals surface area contributed by atoms with Gasteiger partial charge in [0, 0.05) is 11.5 Å². The number of Topliss-reactive ketones (excluding diaryl/α,β-unsaturated/α-hetero) is 1. The van der Waals surface area contributed by atoms with Crippen molar-refractivity contribution in [2.75, 3.05) is 0 Å². The third kappa shape index (κ3) is 3.13. The van der Waals surface area contributed by atoms with Crippen molar-refractivity contribution in [1.82, 2.24) is 0 Å². The van der Waals surface area contributed by atoms with E-state index in [0.29, 0.717) is 0 Å². The van der Waals surface area contributed by atoms with E-state index < -0.39 is 0 Å². The highest BCUT2D eigenvalue weighted by molar-refractivity contribution is 5.97. The zero-order chi connectivity index (χ0) is 9.68. The van der Waals surface area contributed by atoms with E-state index in [1.54, 1.807) is 0 Å². The average Bonchev–Trinajstić information content (AvgIpc) is 2.15. The first kappa shape index (κ1) is 9.54. The van der Waals surface area contributed by atoms with Gasteiger partial charge < -0.3 is 0 Å². The fourth-order valence-electron chi connectivity index (χ4n) is 0.800. The molecule has 66 valence electrons. The van der Waals surface area contributed by atoms with Crippen molar-refractivity contribution < 1.29 is 4.79 Å². The summed E-state index contributed by atoms with van der Waals surface area (Å²) in [6.07, 6.45) is 0. The number of rotatable bonds is 1. The van der Waals surface area contributed by atoms with Crippen molar-refractivity contribution in [1.29, 1.82) is 0 Å². The molecule has 0 unspecified atom stereocenters. The molecule has 0 heterocycles. The van der Waals surface area contributed by atoms with Crippen LogP contribution < -0.4 is 0 Å². The summed E-state index contributed by atoms with van der Waals surface area (Å²) in [6.45, 7) is 3.70. The lowest BCUT2D eigenvalue weighted by atomic mass is 10.1. The van der Waals surface area contributed by atoms with Crippen molar-refractivity contribution in [3.8, 4) is 11.8 Å². The first-order valence-corrected chi connectivity index (χ1v) is 4.31. The van der Waals surface area contributed by atoms with Gasteiger partial charge in [-0.1, -0.05) is 38.0 Å². The summed E-state index contributed by atoms with van der Waals surface area (Å²) >= 11 is 0. The molecule has 0 aliphatic carbocycles. The Labute approximate surface area is 78.8 Å². The molecule has 0 aromatic heterocycles. The molecular weight excluding hydrogens is 160 g/mol. The van der Waals surface area contributed by atoms with Crippen molar-refractivity contribution in [3.63, 3.8) is 0 Å². The lowest BCUT2D eigenvalue weighted by molar-refractivity contribution is -0.116. The largest absolute Gasteiger partial charge is 0.285 e. The highest BCUT2D eigenvalue weighted by atomic mass is 16.1. The monoisotopic (exact) mass is 172 g/mol. The van der Waals surface area contributed by atoms with Crippen LogP contribution in [0.15, 0.2) is 30.3 Å². The summed E-state index contributed by atoms with van der Waals surface area (Å²) in [5.41, 5.74) is 0.886. The van der Waals surface area contributed by atoms with Gasteiger partial charge in [0.05, 0.1) is 0 Å². The molecule has 0 saturated heterocycles. The van der Waals surface area contributed by atoms with Gasteiger partial charge in [-0.05, 0) is 18.1 Å². The Hall–Kier alpha value is -1.55. The Morgan fingerprint density at radius 1 is 1.23 bits per heavy atom. The second kappa shape index (κ2) is 4.47. The molecule has 1 nitrogen and oxygen atoms in total. The number of benzene rings is 1. The topological polar surface area (TPSA) is 17.1 Å². The number of hydrogen-bond acceptors (Lipinski definition) is 1. The molecule has 0 aliphatic rings. The quantitative estimate of drug-likeness (QED) is 0.594. The second-order valence-electron chi connectivity index (χ2n) is 3.13. The van der Waals surface area contributed by atoms with E-state index in [4.69, 9.17) is 0 Å². The third-order valence-electron chi connectivity index (χ3n) is 1.63. The maximum Gasteiger partial charge on any atom is 0.208 e. The van der Waals surface area contributed by atoms with Gasteiger partial charge in [-0.3, -0.25) is 4.79 Å². The third-order valence-corrected chi connectivity index (χ3v) is 1.63. The van der Waals surface area contributed by atoms with E-state index >= 15 is 0 Å². The summed E-state index contributed by atoms with van der Waals surface area (Å²) in [7, 11) is 0. The molecule has 0 fully saturated rings.